The van der Waals surface area contributed by atoms with Crippen molar-refractivity contribution in [2.24, 2.45) is 5.92 Å². The zero-order chi connectivity index (χ0) is 19.3. The van der Waals surface area contributed by atoms with Gasteiger partial charge in [-0.05, 0) is 48.6 Å². The van der Waals surface area contributed by atoms with Gasteiger partial charge in [-0.15, -0.1) is 0 Å². The summed E-state index contributed by atoms with van der Waals surface area (Å²) >= 11 is 0. The maximum atomic E-state index is 12.1. The van der Waals surface area contributed by atoms with Gasteiger partial charge in [0.25, 0.3) is 0 Å². The van der Waals surface area contributed by atoms with Gasteiger partial charge in [0.1, 0.15) is 0 Å². The highest BCUT2D eigenvalue weighted by Crippen LogP contribution is 2.21. The van der Waals surface area contributed by atoms with Crippen LogP contribution in [-0.4, -0.2) is 54.9 Å². The van der Waals surface area contributed by atoms with Gasteiger partial charge in [0.05, 0.1) is 5.60 Å². The van der Waals surface area contributed by atoms with Crippen molar-refractivity contribution in [3.05, 3.63) is 48.0 Å². The van der Waals surface area contributed by atoms with Gasteiger partial charge in [-0.3, -0.25) is 0 Å². The molecule has 1 aliphatic rings. The lowest BCUT2D eigenvalue weighted by Crippen LogP contribution is -2.51. The summed E-state index contributed by atoms with van der Waals surface area (Å²) in [5, 5.41) is 18.9. The van der Waals surface area contributed by atoms with Crippen molar-refractivity contribution in [1.29, 1.82) is 0 Å². The van der Waals surface area contributed by atoms with Crippen molar-refractivity contribution < 1.29 is 9.90 Å². The first-order valence-corrected chi connectivity index (χ1v) is 9.84. The molecular formula is C22H31N3O2. The third-order valence-electron chi connectivity index (χ3n) is 5.56. The van der Waals surface area contributed by atoms with Crippen LogP contribution in [0.3, 0.4) is 0 Å². The molecule has 0 aliphatic carbocycles. The van der Waals surface area contributed by atoms with Crippen molar-refractivity contribution in [1.82, 2.24) is 15.5 Å². The molecule has 27 heavy (non-hydrogen) atoms. The van der Waals surface area contributed by atoms with Crippen LogP contribution in [0.15, 0.2) is 42.5 Å². The molecule has 5 nitrogen and oxygen atoms in total. The highest BCUT2D eigenvalue weighted by atomic mass is 16.3. The predicted octanol–water partition coefficient (Wildman–Crippen LogP) is 2.77. The number of rotatable bonds is 6. The Labute approximate surface area is 161 Å². The van der Waals surface area contributed by atoms with Crippen molar-refractivity contribution in [2.75, 3.05) is 33.2 Å². The Morgan fingerprint density at radius 2 is 1.85 bits per heavy atom. The number of urea groups is 1. The number of hydrogen-bond acceptors (Lipinski definition) is 3. The minimum Gasteiger partial charge on any atom is -0.388 e. The van der Waals surface area contributed by atoms with E-state index in [-0.39, 0.29) is 6.03 Å². The molecule has 1 aliphatic heterocycles. The van der Waals surface area contributed by atoms with Crippen molar-refractivity contribution in [3.8, 4) is 0 Å². The maximum Gasteiger partial charge on any atom is 0.314 e. The van der Waals surface area contributed by atoms with E-state index in [4.69, 9.17) is 0 Å². The van der Waals surface area contributed by atoms with Gasteiger partial charge in [-0.1, -0.05) is 49.4 Å². The SMILES string of the molecule is C[C@@H](CNC(=O)NCC1(O)CCN(C)CC1)Cc1cccc2ccccc12. The average molecular weight is 370 g/mol. The highest BCUT2D eigenvalue weighted by molar-refractivity contribution is 5.85. The highest BCUT2D eigenvalue weighted by Gasteiger charge is 2.31. The number of nitrogens with zero attached hydrogens (tertiary/aromatic N) is 1. The quantitative estimate of drug-likeness (QED) is 0.734. The molecule has 2 aromatic rings. The minimum absolute atomic E-state index is 0.202. The monoisotopic (exact) mass is 369 g/mol. The second-order valence-electron chi connectivity index (χ2n) is 8.04. The summed E-state index contributed by atoms with van der Waals surface area (Å²) in [6, 6.07) is 14.6. The number of piperidine rings is 1. The second kappa shape index (κ2) is 8.72. The Balaban J connectivity index is 1.44. The first-order chi connectivity index (χ1) is 13.0. The zero-order valence-corrected chi connectivity index (χ0v) is 16.4. The van der Waals surface area contributed by atoms with Crippen molar-refractivity contribution in [3.63, 3.8) is 0 Å². The van der Waals surface area contributed by atoms with Crippen LogP contribution >= 0.6 is 0 Å². The molecule has 2 aromatic carbocycles. The number of fused-ring (bicyclic) bond motifs is 1. The number of nitrogens with one attached hydrogen (secondary N) is 2. The summed E-state index contributed by atoms with van der Waals surface area (Å²) in [6.07, 6.45) is 2.31. The van der Waals surface area contributed by atoms with Gasteiger partial charge >= 0.3 is 6.03 Å². The molecule has 3 rings (SSSR count). The molecule has 0 unspecified atom stereocenters. The van der Waals surface area contributed by atoms with Gasteiger partial charge in [0, 0.05) is 26.2 Å². The molecule has 0 spiro atoms. The standard InChI is InChI=1S/C22H31N3O2/c1-17(14-19-8-5-7-18-6-3-4-9-20(18)19)15-23-21(26)24-16-22(27)10-12-25(2)13-11-22/h3-9,17,27H,10-16H2,1-2H3,(H2,23,24,26)/t17-/m1/s1. The Morgan fingerprint density at radius 3 is 2.63 bits per heavy atom. The summed E-state index contributed by atoms with van der Waals surface area (Å²) in [4.78, 5) is 14.3. The molecule has 2 amide bonds. The first-order valence-electron chi connectivity index (χ1n) is 9.84. The summed E-state index contributed by atoms with van der Waals surface area (Å²) in [5.74, 6) is 0.327. The lowest BCUT2D eigenvalue weighted by atomic mass is 9.92. The molecule has 1 saturated heterocycles. The summed E-state index contributed by atoms with van der Waals surface area (Å²) in [5.41, 5.74) is 0.529. The first kappa shape index (κ1) is 19.6. The molecule has 146 valence electrons. The molecular weight excluding hydrogens is 338 g/mol. The van der Waals surface area contributed by atoms with Crippen LogP contribution in [0.25, 0.3) is 10.8 Å². The number of carbonyl (C=O) groups excluding carboxylic acids is 1. The van der Waals surface area contributed by atoms with Crippen LogP contribution in [-0.2, 0) is 6.42 Å². The Bertz CT molecular complexity index is 764. The van der Waals surface area contributed by atoms with E-state index in [1.54, 1.807) is 0 Å². The van der Waals surface area contributed by atoms with E-state index in [1.807, 2.05) is 0 Å². The third-order valence-corrected chi connectivity index (χ3v) is 5.56. The summed E-state index contributed by atoms with van der Waals surface area (Å²) in [7, 11) is 2.05. The minimum atomic E-state index is -0.779. The van der Waals surface area contributed by atoms with E-state index >= 15 is 0 Å². The largest absolute Gasteiger partial charge is 0.388 e. The van der Waals surface area contributed by atoms with Gasteiger partial charge in [0.15, 0.2) is 0 Å². The second-order valence-corrected chi connectivity index (χ2v) is 8.04. The molecule has 0 saturated carbocycles. The molecule has 0 bridgehead atoms. The maximum absolute atomic E-state index is 12.1. The predicted molar refractivity (Wildman–Crippen MR) is 110 cm³/mol. The Morgan fingerprint density at radius 1 is 1.15 bits per heavy atom. The number of benzene rings is 2. The van der Waals surface area contributed by atoms with E-state index in [0.29, 0.717) is 31.8 Å². The number of likely N-dealkylation sites (tertiary alicyclic amines) is 1. The number of carbonyl (C=O) groups is 1. The summed E-state index contributed by atoms with van der Waals surface area (Å²) in [6.45, 7) is 4.79. The summed E-state index contributed by atoms with van der Waals surface area (Å²) < 4.78 is 0. The van der Waals surface area contributed by atoms with Gasteiger partial charge in [0.2, 0.25) is 0 Å². The van der Waals surface area contributed by atoms with Gasteiger partial charge < -0.3 is 20.6 Å². The molecule has 1 fully saturated rings. The Kier molecular flexibility index (Phi) is 6.34. The molecule has 3 N–H and O–H groups in total. The van der Waals surface area contributed by atoms with Crippen molar-refractivity contribution >= 4 is 16.8 Å². The van der Waals surface area contributed by atoms with E-state index in [9.17, 15) is 9.90 Å². The van der Waals surface area contributed by atoms with Crippen molar-refractivity contribution in [2.45, 2.75) is 31.8 Å². The van der Waals surface area contributed by atoms with Crippen LogP contribution in [0.5, 0.6) is 0 Å². The molecule has 0 aromatic heterocycles. The normalized spacial score (nSPS) is 18.2. The fourth-order valence-corrected chi connectivity index (χ4v) is 3.70. The van der Waals surface area contributed by atoms with E-state index in [0.717, 1.165) is 19.5 Å². The molecule has 1 atom stereocenters. The molecule has 1 heterocycles. The fraction of sp³-hybridized carbons (Fsp3) is 0.500. The lowest BCUT2D eigenvalue weighted by Gasteiger charge is -2.36. The number of amides is 2. The van der Waals surface area contributed by atoms with Crippen LogP contribution in [0.2, 0.25) is 0 Å². The van der Waals surface area contributed by atoms with E-state index in [2.05, 4.69) is 72.0 Å². The van der Waals surface area contributed by atoms with Crippen LogP contribution in [0, 0.1) is 5.92 Å². The average Bonchev–Trinajstić information content (AvgIpc) is 2.68. The molecule has 5 heteroatoms. The van der Waals surface area contributed by atoms with Crippen LogP contribution < -0.4 is 10.6 Å². The topological polar surface area (TPSA) is 64.6 Å². The smallest absolute Gasteiger partial charge is 0.314 e. The molecule has 0 radical (unpaired) electrons. The van der Waals surface area contributed by atoms with Gasteiger partial charge in [-0.25, -0.2) is 4.79 Å². The third kappa shape index (κ3) is 5.44. The van der Waals surface area contributed by atoms with E-state index in [1.165, 1.54) is 16.3 Å². The zero-order valence-electron chi connectivity index (χ0n) is 16.4. The number of aliphatic hydroxyl groups is 1. The number of hydrogen-bond donors (Lipinski definition) is 3. The van der Waals surface area contributed by atoms with Crippen LogP contribution in [0.1, 0.15) is 25.3 Å². The lowest BCUT2D eigenvalue weighted by molar-refractivity contribution is -0.0122. The Hall–Kier alpha value is -2.11. The van der Waals surface area contributed by atoms with Crippen LogP contribution in [0.4, 0.5) is 4.79 Å². The fourth-order valence-electron chi connectivity index (χ4n) is 3.70. The van der Waals surface area contributed by atoms with Gasteiger partial charge in [-0.2, -0.15) is 0 Å². The van der Waals surface area contributed by atoms with E-state index < -0.39 is 5.60 Å².